The predicted molar refractivity (Wildman–Crippen MR) is 121 cm³/mol. The zero-order valence-electron chi connectivity index (χ0n) is 18.4. The van der Waals surface area contributed by atoms with Gasteiger partial charge in [-0.2, -0.15) is 4.98 Å². The summed E-state index contributed by atoms with van der Waals surface area (Å²) in [4.78, 5) is 19.5. The molecule has 0 aliphatic carbocycles. The van der Waals surface area contributed by atoms with Crippen LogP contribution in [0.1, 0.15) is 12.0 Å². The first kappa shape index (κ1) is 24.0. The second-order valence-electron chi connectivity index (χ2n) is 7.47. The molecule has 4 N–H and O–H groups in total. The molecule has 2 heterocycles. The summed E-state index contributed by atoms with van der Waals surface area (Å²) in [7, 11) is 1.59. The molecule has 0 unspecified atom stereocenters. The van der Waals surface area contributed by atoms with Crippen molar-refractivity contribution < 1.29 is 27.1 Å². The van der Waals surface area contributed by atoms with E-state index in [-0.39, 0.29) is 23.4 Å². The molecule has 1 aromatic heterocycles. The van der Waals surface area contributed by atoms with Crippen LogP contribution >= 0.6 is 0 Å². The molecule has 9 nitrogen and oxygen atoms in total. The van der Waals surface area contributed by atoms with Crippen LogP contribution in [0.3, 0.4) is 0 Å². The maximum absolute atomic E-state index is 14.3. The number of hydrogen-bond acceptors (Lipinski definition) is 8. The molecule has 0 radical (unpaired) electrons. The van der Waals surface area contributed by atoms with E-state index in [1.54, 1.807) is 13.1 Å². The van der Waals surface area contributed by atoms with Crippen molar-refractivity contribution in [3.8, 4) is 5.75 Å². The summed E-state index contributed by atoms with van der Waals surface area (Å²) in [6.45, 7) is 1.07. The molecule has 0 spiro atoms. The van der Waals surface area contributed by atoms with Crippen molar-refractivity contribution in [2.75, 3.05) is 29.2 Å². The minimum atomic E-state index is -4.84. The normalized spacial score (nSPS) is 12.8. The molecule has 35 heavy (non-hydrogen) atoms. The van der Waals surface area contributed by atoms with Crippen molar-refractivity contribution in [2.24, 2.45) is 0 Å². The minimum Gasteiger partial charge on any atom is -0.406 e. The second-order valence-corrected chi connectivity index (χ2v) is 7.47. The fourth-order valence-electron chi connectivity index (χ4n) is 3.42. The average molecular weight is 491 g/mol. The highest BCUT2D eigenvalue weighted by molar-refractivity contribution is 5.76. The van der Waals surface area contributed by atoms with Crippen molar-refractivity contribution in [1.82, 2.24) is 20.7 Å². The van der Waals surface area contributed by atoms with Gasteiger partial charge in [0, 0.05) is 44.0 Å². The van der Waals surface area contributed by atoms with Crippen molar-refractivity contribution in [1.29, 1.82) is 0 Å². The average Bonchev–Trinajstić information content (AvgIpc) is 3.21. The molecular weight excluding hydrogens is 470 g/mol. The van der Waals surface area contributed by atoms with Gasteiger partial charge in [0.05, 0.1) is 11.9 Å². The Bertz CT molecular complexity index is 1220. The fourth-order valence-corrected chi connectivity index (χ4v) is 3.42. The summed E-state index contributed by atoms with van der Waals surface area (Å²) in [6, 6.07) is 10.5. The first-order valence-electron chi connectivity index (χ1n) is 10.5. The van der Waals surface area contributed by atoms with E-state index in [9.17, 15) is 22.4 Å². The molecule has 3 aromatic rings. The molecule has 2 aromatic carbocycles. The van der Waals surface area contributed by atoms with Gasteiger partial charge in [-0.3, -0.25) is 4.79 Å². The van der Waals surface area contributed by atoms with Gasteiger partial charge in [-0.15, -0.1) is 13.2 Å². The number of amides is 1. The molecule has 184 valence electrons. The first-order chi connectivity index (χ1) is 16.7. The zero-order chi connectivity index (χ0) is 25.0. The van der Waals surface area contributed by atoms with Crippen LogP contribution < -0.4 is 31.1 Å². The van der Waals surface area contributed by atoms with Gasteiger partial charge < -0.3 is 25.7 Å². The Morgan fingerprint density at radius 3 is 2.74 bits per heavy atom. The van der Waals surface area contributed by atoms with E-state index in [1.165, 1.54) is 12.1 Å². The van der Waals surface area contributed by atoms with Crippen LogP contribution in [-0.2, 0) is 11.3 Å². The predicted octanol–water partition coefficient (Wildman–Crippen LogP) is 3.96. The molecule has 0 saturated carbocycles. The van der Waals surface area contributed by atoms with Gasteiger partial charge in [0.25, 0.3) is 0 Å². The van der Waals surface area contributed by atoms with Crippen LogP contribution in [-0.4, -0.2) is 35.8 Å². The number of anilines is 5. The minimum absolute atomic E-state index is 0.0592. The third-order valence-corrected chi connectivity index (χ3v) is 5.00. The van der Waals surface area contributed by atoms with E-state index in [4.69, 9.17) is 0 Å². The van der Waals surface area contributed by atoms with Crippen LogP contribution in [0.2, 0.25) is 0 Å². The van der Waals surface area contributed by atoms with E-state index in [2.05, 4.69) is 36.1 Å². The maximum Gasteiger partial charge on any atom is 0.573 e. The largest absolute Gasteiger partial charge is 0.573 e. The van der Waals surface area contributed by atoms with Crippen molar-refractivity contribution in [2.45, 2.75) is 19.3 Å². The lowest BCUT2D eigenvalue weighted by molar-refractivity contribution is -0.274. The standard InChI is InChI=1S/C22H21F4N7O2/c1-27-19(34)7-8-33-18-6-5-15(9-13(18)11-29-33)31-21-28-12-17(23)20(32-21)30-14-3-2-4-16(10-14)35-22(24,25)26/h2-6,9-10,12,29H,7-8,11H2,1H3,(H,27,34)(H2,28,30,31,32). The number of ether oxygens (including phenoxy) is 1. The quantitative estimate of drug-likeness (QED) is 0.351. The van der Waals surface area contributed by atoms with Crippen LogP contribution in [0.15, 0.2) is 48.7 Å². The number of fused-ring (bicyclic) bond motifs is 1. The number of nitrogens with one attached hydrogen (secondary N) is 4. The molecule has 0 saturated heterocycles. The van der Waals surface area contributed by atoms with E-state index in [1.807, 2.05) is 17.1 Å². The molecule has 0 bridgehead atoms. The summed E-state index contributed by atoms with van der Waals surface area (Å²) in [5, 5.41) is 10.1. The first-order valence-corrected chi connectivity index (χ1v) is 10.5. The Morgan fingerprint density at radius 1 is 1.17 bits per heavy atom. The van der Waals surface area contributed by atoms with E-state index in [0.717, 1.165) is 29.6 Å². The summed E-state index contributed by atoms with van der Waals surface area (Å²) < 4.78 is 55.5. The number of hydrogen-bond donors (Lipinski definition) is 4. The number of carbonyl (C=O) groups is 1. The lowest BCUT2D eigenvalue weighted by atomic mass is 10.1. The molecule has 1 aliphatic heterocycles. The topological polar surface area (TPSA) is 103 Å². The SMILES string of the molecule is CNC(=O)CCN1NCc2cc(Nc3ncc(F)c(Nc4cccc(OC(F)(F)F)c4)n3)ccc21. The number of benzene rings is 2. The van der Waals surface area contributed by atoms with Crippen LogP contribution in [0.4, 0.5) is 46.4 Å². The Labute approximate surface area is 197 Å². The van der Waals surface area contributed by atoms with Gasteiger partial charge >= 0.3 is 6.36 Å². The third-order valence-electron chi connectivity index (χ3n) is 5.00. The highest BCUT2D eigenvalue weighted by Crippen LogP contribution is 2.30. The Balaban J connectivity index is 1.45. The molecule has 1 aliphatic rings. The molecule has 0 atom stereocenters. The fraction of sp³-hybridized carbons (Fsp3) is 0.227. The molecule has 1 amide bonds. The summed E-state index contributed by atoms with van der Waals surface area (Å²) in [6.07, 6.45) is -3.56. The highest BCUT2D eigenvalue weighted by Gasteiger charge is 2.31. The number of hydrazine groups is 1. The summed E-state index contributed by atoms with van der Waals surface area (Å²) in [5.41, 5.74) is 5.92. The molecule has 13 heteroatoms. The number of rotatable bonds is 8. The number of alkyl halides is 3. The Kier molecular flexibility index (Phi) is 6.87. The van der Waals surface area contributed by atoms with Gasteiger partial charge in [0.1, 0.15) is 5.75 Å². The van der Waals surface area contributed by atoms with Crippen molar-refractivity contribution in [3.63, 3.8) is 0 Å². The summed E-state index contributed by atoms with van der Waals surface area (Å²) >= 11 is 0. The van der Waals surface area contributed by atoms with Gasteiger partial charge in [-0.25, -0.2) is 14.8 Å². The lowest BCUT2D eigenvalue weighted by Crippen LogP contribution is -2.35. The molecular formula is C22H21F4N7O2. The third kappa shape index (κ3) is 6.26. The van der Waals surface area contributed by atoms with E-state index >= 15 is 0 Å². The highest BCUT2D eigenvalue weighted by atomic mass is 19.4. The van der Waals surface area contributed by atoms with Crippen LogP contribution in [0, 0.1) is 5.82 Å². The number of nitrogens with zero attached hydrogens (tertiary/aromatic N) is 3. The number of carbonyl (C=O) groups excluding carboxylic acids is 1. The van der Waals surface area contributed by atoms with Gasteiger partial charge in [0.15, 0.2) is 11.6 Å². The second kappa shape index (κ2) is 10.0. The number of aromatic nitrogens is 2. The van der Waals surface area contributed by atoms with Crippen molar-refractivity contribution >= 4 is 34.7 Å². The summed E-state index contributed by atoms with van der Waals surface area (Å²) in [5.74, 6) is -1.45. The van der Waals surface area contributed by atoms with E-state index in [0.29, 0.717) is 25.2 Å². The smallest absolute Gasteiger partial charge is 0.406 e. The van der Waals surface area contributed by atoms with Gasteiger partial charge in [-0.1, -0.05) is 6.07 Å². The number of halogens is 4. The maximum atomic E-state index is 14.3. The molecule has 4 rings (SSSR count). The van der Waals surface area contributed by atoms with Gasteiger partial charge in [-0.05, 0) is 35.9 Å². The van der Waals surface area contributed by atoms with Crippen LogP contribution in [0.5, 0.6) is 5.75 Å². The Hall–Kier alpha value is -4.13. The van der Waals surface area contributed by atoms with E-state index < -0.39 is 17.9 Å². The van der Waals surface area contributed by atoms with Crippen molar-refractivity contribution in [3.05, 3.63) is 60.0 Å². The monoisotopic (exact) mass is 491 g/mol. The Morgan fingerprint density at radius 2 is 1.97 bits per heavy atom. The zero-order valence-corrected chi connectivity index (χ0v) is 18.4. The van der Waals surface area contributed by atoms with Gasteiger partial charge in [0.2, 0.25) is 11.9 Å². The van der Waals surface area contributed by atoms with Crippen LogP contribution in [0.25, 0.3) is 0 Å². The molecule has 0 fully saturated rings. The lowest BCUT2D eigenvalue weighted by Gasteiger charge is -2.19.